The number of carbonyl (C=O) groups is 1. The molecule has 0 bridgehead atoms. The quantitative estimate of drug-likeness (QED) is 0.203. The van der Waals surface area contributed by atoms with E-state index in [4.69, 9.17) is 32.7 Å². The molecule has 0 aliphatic carbocycles. The smallest absolute Gasteiger partial charge is 0.266 e. The molecule has 0 saturated carbocycles. The summed E-state index contributed by atoms with van der Waals surface area (Å²) in [6.07, 6.45) is 1.44. The van der Waals surface area contributed by atoms with E-state index >= 15 is 0 Å². The zero-order valence-corrected chi connectivity index (χ0v) is 21.2. The number of aryl methyl sites for hydroxylation is 1. The molecule has 7 heteroatoms. The van der Waals surface area contributed by atoms with E-state index in [0.717, 1.165) is 21.9 Å². The van der Waals surface area contributed by atoms with E-state index < -0.39 is 5.91 Å². The number of hydrogen-bond donors (Lipinski definition) is 1. The maximum Gasteiger partial charge on any atom is 0.266 e. The Bertz CT molecular complexity index is 1510. The molecule has 4 aromatic carbocycles. The second-order valence-corrected chi connectivity index (χ2v) is 8.88. The van der Waals surface area contributed by atoms with Gasteiger partial charge in [-0.25, -0.2) is 0 Å². The number of methoxy groups -OCH3 is 1. The molecule has 0 radical (unpaired) electrons. The Kier molecular flexibility index (Phi) is 7.80. The van der Waals surface area contributed by atoms with Gasteiger partial charge in [0.15, 0.2) is 11.5 Å². The lowest BCUT2D eigenvalue weighted by Crippen LogP contribution is -2.13. The summed E-state index contributed by atoms with van der Waals surface area (Å²) in [6, 6.07) is 24.1. The molecule has 0 spiro atoms. The molecule has 180 valence electrons. The average Bonchev–Trinajstić information content (AvgIpc) is 2.88. The minimum atomic E-state index is -0.554. The van der Waals surface area contributed by atoms with Crippen LogP contribution in [0.15, 0.2) is 78.4 Å². The fourth-order valence-electron chi connectivity index (χ4n) is 3.79. The van der Waals surface area contributed by atoms with Crippen LogP contribution in [0.2, 0.25) is 10.0 Å². The summed E-state index contributed by atoms with van der Waals surface area (Å²) in [5, 5.41) is 15.3. The minimum absolute atomic E-state index is 0.0943. The Balaban J connectivity index is 1.58. The molecule has 4 rings (SSSR count). The van der Waals surface area contributed by atoms with Gasteiger partial charge in [-0.05, 0) is 71.3 Å². The van der Waals surface area contributed by atoms with Crippen molar-refractivity contribution in [2.24, 2.45) is 0 Å². The number of anilines is 1. The molecule has 0 aliphatic rings. The van der Waals surface area contributed by atoms with Crippen LogP contribution in [0.5, 0.6) is 11.5 Å². The van der Waals surface area contributed by atoms with Crippen LogP contribution in [0.4, 0.5) is 5.69 Å². The summed E-state index contributed by atoms with van der Waals surface area (Å²) >= 11 is 12.4. The number of halogens is 2. The van der Waals surface area contributed by atoms with Crippen LogP contribution in [0.1, 0.15) is 16.7 Å². The summed E-state index contributed by atoms with van der Waals surface area (Å²) in [6.45, 7) is 2.34. The monoisotopic (exact) mass is 516 g/mol. The van der Waals surface area contributed by atoms with Crippen molar-refractivity contribution in [1.29, 1.82) is 5.26 Å². The molecule has 1 N–H and O–H groups in total. The van der Waals surface area contributed by atoms with Crippen molar-refractivity contribution in [3.8, 4) is 17.6 Å². The Morgan fingerprint density at radius 3 is 2.53 bits per heavy atom. The molecule has 0 atom stereocenters. The SMILES string of the molecule is COc1cc(/C=C(\C#N)C(=O)Nc2ccc(Cl)cc2)cc(Cl)c1OCc1c(C)ccc2ccccc12. The number of rotatable bonds is 7. The molecule has 1 amide bonds. The van der Waals surface area contributed by atoms with Gasteiger partial charge >= 0.3 is 0 Å². The van der Waals surface area contributed by atoms with Crippen molar-refractivity contribution in [1.82, 2.24) is 0 Å². The Morgan fingerprint density at radius 2 is 1.81 bits per heavy atom. The van der Waals surface area contributed by atoms with Gasteiger partial charge in [-0.3, -0.25) is 4.79 Å². The van der Waals surface area contributed by atoms with Gasteiger partial charge in [-0.15, -0.1) is 0 Å². The van der Waals surface area contributed by atoms with Gasteiger partial charge in [0.2, 0.25) is 0 Å². The van der Waals surface area contributed by atoms with E-state index in [1.165, 1.54) is 13.2 Å². The molecular formula is C29H22Cl2N2O3. The summed E-state index contributed by atoms with van der Waals surface area (Å²) in [4.78, 5) is 12.6. The van der Waals surface area contributed by atoms with Crippen LogP contribution in [0, 0.1) is 18.3 Å². The molecule has 5 nitrogen and oxygen atoms in total. The van der Waals surface area contributed by atoms with Crippen LogP contribution in [0.25, 0.3) is 16.8 Å². The molecule has 0 fully saturated rings. The zero-order chi connectivity index (χ0) is 25.7. The maximum absolute atomic E-state index is 12.6. The lowest BCUT2D eigenvalue weighted by atomic mass is 10.0. The van der Waals surface area contributed by atoms with Crippen LogP contribution in [0.3, 0.4) is 0 Å². The first-order valence-corrected chi connectivity index (χ1v) is 11.8. The van der Waals surface area contributed by atoms with Crippen LogP contribution >= 0.6 is 23.2 Å². The number of hydrogen-bond acceptors (Lipinski definition) is 4. The lowest BCUT2D eigenvalue weighted by Gasteiger charge is -2.16. The first-order valence-electron chi connectivity index (χ1n) is 11.1. The number of nitrogens with one attached hydrogen (secondary N) is 1. The van der Waals surface area contributed by atoms with Crippen LogP contribution < -0.4 is 14.8 Å². The molecule has 0 unspecified atom stereocenters. The zero-order valence-electron chi connectivity index (χ0n) is 19.6. The van der Waals surface area contributed by atoms with Crippen LogP contribution in [-0.2, 0) is 11.4 Å². The van der Waals surface area contributed by atoms with E-state index in [2.05, 4.69) is 29.6 Å². The van der Waals surface area contributed by atoms with Crippen molar-refractivity contribution in [3.63, 3.8) is 0 Å². The van der Waals surface area contributed by atoms with E-state index in [-0.39, 0.29) is 5.57 Å². The summed E-state index contributed by atoms with van der Waals surface area (Å²) in [5.74, 6) is 0.219. The van der Waals surface area contributed by atoms with Gasteiger partial charge in [-0.2, -0.15) is 5.26 Å². The molecular weight excluding hydrogens is 495 g/mol. The van der Waals surface area contributed by atoms with Crippen molar-refractivity contribution >= 4 is 51.6 Å². The molecule has 0 saturated heterocycles. The van der Waals surface area contributed by atoms with Crippen molar-refractivity contribution in [2.45, 2.75) is 13.5 Å². The van der Waals surface area contributed by atoms with Crippen LogP contribution in [-0.4, -0.2) is 13.0 Å². The number of ether oxygens (including phenoxy) is 2. The standard InChI is InChI=1S/C29H22Cl2N2O3/c1-18-7-8-20-5-3-4-6-24(20)25(18)17-36-28-26(31)14-19(15-27(28)35-2)13-21(16-32)29(34)33-23-11-9-22(30)10-12-23/h3-15H,17H2,1-2H3,(H,33,34)/b21-13+. The number of nitriles is 1. The molecule has 36 heavy (non-hydrogen) atoms. The topological polar surface area (TPSA) is 71.3 Å². The van der Waals surface area contributed by atoms with E-state index in [9.17, 15) is 10.1 Å². The Morgan fingerprint density at radius 1 is 1.06 bits per heavy atom. The highest BCUT2D eigenvalue weighted by molar-refractivity contribution is 6.32. The maximum atomic E-state index is 12.6. The van der Waals surface area contributed by atoms with Gasteiger partial charge in [0, 0.05) is 16.3 Å². The fourth-order valence-corrected chi connectivity index (χ4v) is 4.19. The third kappa shape index (κ3) is 5.63. The molecule has 4 aromatic rings. The van der Waals surface area contributed by atoms with E-state index in [0.29, 0.717) is 39.4 Å². The minimum Gasteiger partial charge on any atom is -0.493 e. The highest BCUT2D eigenvalue weighted by atomic mass is 35.5. The highest BCUT2D eigenvalue weighted by Gasteiger charge is 2.16. The average molecular weight is 517 g/mol. The number of benzene rings is 4. The lowest BCUT2D eigenvalue weighted by molar-refractivity contribution is -0.112. The molecule has 0 heterocycles. The second kappa shape index (κ2) is 11.2. The van der Waals surface area contributed by atoms with Crippen molar-refractivity contribution in [3.05, 3.63) is 105 Å². The number of fused-ring (bicyclic) bond motifs is 1. The van der Waals surface area contributed by atoms with Gasteiger partial charge < -0.3 is 14.8 Å². The first kappa shape index (κ1) is 25.1. The predicted molar refractivity (Wildman–Crippen MR) is 145 cm³/mol. The summed E-state index contributed by atoms with van der Waals surface area (Å²) in [7, 11) is 1.51. The third-order valence-corrected chi connectivity index (χ3v) is 6.20. The van der Waals surface area contributed by atoms with E-state index in [1.54, 1.807) is 36.4 Å². The summed E-state index contributed by atoms with van der Waals surface area (Å²) in [5.41, 5.74) is 3.11. The van der Waals surface area contributed by atoms with Gasteiger partial charge in [-0.1, -0.05) is 59.6 Å². The van der Waals surface area contributed by atoms with Gasteiger partial charge in [0.05, 0.1) is 12.1 Å². The predicted octanol–water partition coefficient (Wildman–Crippen LogP) is 7.59. The first-order chi connectivity index (χ1) is 17.4. The van der Waals surface area contributed by atoms with Gasteiger partial charge in [0.25, 0.3) is 5.91 Å². The third-order valence-electron chi connectivity index (χ3n) is 5.67. The Labute approximate surface area is 219 Å². The van der Waals surface area contributed by atoms with Gasteiger partial charge in [0.1, 0.15) is 18.2 Å². The van der Waals surface area contributed by atoms with Crippen molar-refractivity contribution in [2.75, 3.05) is 12.4 Å². The number of nitrogens with zero attached hydrogens (tertiary/aromatic N) is 1. The fraction of sp³-hybridized carbons (Fsp3) is 0.103. The number of amides is 1. The molecule has 0 aromatic heterocycles. The number of carbonyl (C=O) groups excluding carboxylic acids is 1. The summed E-state index contributed by atoms with van der Waals surface area (Å²) < 4.78 is 11.6. The largest absolute Gasteiger partial charge is 0.493 e. The molecule has 0 aliphatic heterocycles. The Hall–Kier alpha value is -3.98. The highest BCUT2D eigenvalue weighted by Crippen LogP contribution is 2.38. The normalized spacial score (nSPS) is 11.1. The van der Waals surface area contributed by atoms with Crippen molar-refractivity contribution < 1.29 is 14.3 Å². The van der Waals surface area contributed by atoms with E-state index in [1.807, 2.05) is 25.1 Å². The second-order valence-electron chi connectivity index (χ2n) is 8.04.